The predicted molar refractivity (Wildman–Crippen MR) is 86.3 cm³/mol. The summed E-state index contributed by atoms with van der Waals surface area (Å²) in [6.45, 7) is 2.14. The van der Waals surface area contributed by atoms with Crippen molar-refractivity contribution < 1.29 is 4.74 Å². The summed E-state index contributed by atoms with van der Waals surface area (Å²) in [7, 11) is 1.70. The van der Waals surface area contributed by atoms with Crippen molar-refractivity contribution in [1.82, 2.24) is 4.57 Å². The predicted octanol–water partition coefficient (Wildman–Crippen LogP) is 4.39. The lowest BCUT2D eigenvalue weighted by molar-refractivity contribution is 0.414. The molecule has 0 aliphatic carbocycles. The molecule has 3 rings (SSSR count). The molecule has 0 spiro atoms. The molecule has 0 bridgehead atoms. The summed E-state index contributed by atoms with van der Waals surface area (Å²) in [5.41, 5.74) is 5.15. The molecule has 0 aliphatic heterocycles. The van der Waals surface area contributed by atoms with Crippen LogP contribution in [0.5, 0.6) is 5.75 Å². The van der Waals surface area contributed by atoms with E-state index < -0.39 is 0 Å². The average molecular weight is 277 g/mol. The number of nitrogens with zero attached hydrogens (tertiary/aromatic N) is 1. The number of hydrogen-bond donors (Lipinski definition) is 0. The number of aryl methyl sites for hydroxylation is 1. The van der Waals surface area contributed by atoms with Crippen LogP contribution in [0, 0.1) is 6.92 Å². The molecule has 0 unspecified atom stereocenters. The molecule has 0 saturated carbocycles. The monoisotopic (exact) mass is 277 g/mol. The van der Waals surface area contributed by atoms with E-state index >= 15 is 0 Å². The van der Waals surface area contributed by atoms with Gasteiger partial charge in [-0.15, -0.1) is 0 Å². The van der Waals surface area contributed by atoms with Crippen LogP contribution in [0.4, 0.5) is 0 Å². The number of hydrogen-bond acceptors (Lipinski definition) is 1. The molecule has 0 aliphatic rings. The first kappa shape index (κ1) is 13.5. The Hall–Kier alpha value is -2.48. The minimum absolute atomic E-state index is 0.912. The molecule has 0 N–H and O–H groups in total. The third-order valence-electron chi connectivity index (χ3n) is 3.80. The van der Waals surface area contributed by atoms with E-state index in [-0.39, 0.29) is 0 Å². The highest BCUT2D eigenvalue weighted by molar-refractivity contribution is 5.46. The molecule has 0 amide bonds. The summed E-state index contributed by atoms with van der Waals surface area (Å²) in [5, 5.41) is 0. The van der Waals surface area contributed by atoms with E-state index in [1.165, 1.54) is 22.4 Å². The Morgan fingerprint density at radius 1 is 0.905 bits per heavy atom. The molecule has 2 nitrogen and oxygen atoms in total. The Labute approximate surface area is 125 Å². The SMILES string of the molecule is COc1ccc(Cc2ccccc2-n2cccc2)c(C)c1. The molecule has 0 fully saturated rings. The number of aromatic nitrogens is 1. The zero-order chi connectivity index (χ0) is 14.7. The summed E-state index contributed by atoms with van der Waals surface area (Å²) in [6.07, 6.45) is 5.09. The Morgan fingerprint density at radius 3 is 2.38 bits per heavy atom. The van der Waals surface area contributed by atoms with Gasteiger partial charge in [0.1, 0.15) is 5.75 Å². The first-order chi connectivity index (χ1) is 10.3. The van der Waals surface area contributed by atoms with Crippen molar-refractivity contribution in [3.05, 3.63) is 83.7 Å². The van der Waals surface area contributed by atoms with Crippen LogP contribution < -0.4 is 4.74 Å². The van der Waals surface area contributed by atoms with Crippen molar-refractivity contribution in [3.8, 4) is 11.4 Å². The van der Waals surface area contributed by atoms with Gasteiger partial charge in [-0.3, -0.25) is 0 Å². The van der Waals surface area contributed by atoms with Gasteiger partial charge in [-0.05, 0) is 60.4 Å². The molecule has 1 aromatic heterocycles. The van der Waals surface area contributed by atoms with Gasteiger partial charge in [-0.1, -0.05) is 24.3 Å². The highest BCUT2D eigenvalue weighted by Crippen LogP contribution is 2.23. The second kappa shape index (κ2) is 5.88. The lowest BCUT2D eigenvalue weighted by atomic mass is 9.99. The molecular formula is C19H19NO. The third-order valence-corrected chi connectivity index (χ3v) is 3.80. The summed E-state index contributed by atoms with van der Waals surface area (Å²) in [4.78, 5) is 0. The van der Waals surface area contributed by atoms with Gasteiger partial charge in [0.05, 0.1) is 7.11 Å². The molecule has 106 valence electrons. The minimum Gasteiger partial charge on any atom is -0.497 e. The van der Waals surface area contributed by atoms with Crippen LogP contribution in [0.15, 0.2) is 67.0 Å². The Kier molecular flexibility index (Phi) is 3.78. The van der Waals surface area contributed by atoms with Crippen LogP contribution >= 0.6 is 0 Å². The largest absolute Gasteiger partial charge is 0.497 e. The van der Waals surface area contributed by atoms with Crippen molar-refractivity contribution in [3.63, 3.8) is 0 Å². The highest BCUT2D eigenvalue weighted by Gasteiger charge is 2.07. The summed E-state index contributed by atoms with van der Waals surface area (Å²) >= 11 is 0. The van der Waals surface area contributed by atoms with Crippen LogP contribution in [-0.2, 0) is 6.42 Å². The summed E-state index contributed by atoms with van der Waals surface area (Å²) in [5.74, 6) is 0.912. The van der Waals surface area contributed by atoms with Crippen molar-refractivity contribution in [2.45, 2.75) is 13.3 Å². The molecule has 2 aromatic carbocycles. The molecule has 0 radical (unpaired) electrons. The second-order valence-electron chi connectivity index (χ2n) is 5.19. The standard InChI is InChI=1S/C19H19NO/c1-15-13-18(21-2)10-9-16(15)14-17-7-3-4-8-19(17)20-11-5-6-12-20/h3-13H,14H2,1-2H3. The maximum absolute atomic E-state index is 5.28. The topological polar surface area (TPSA) is 14.2 Å². The van der Waals surface area contributed by atoms with Crippen LogP contribution in [0.25, 0.3) is 5.69 Å². The fourth-order valence-corrected chi connectivity index (χ4v) is 2.61. The van der Waals surface area contributed by atoms with Gasteiger partial charge in [0.25, 0.3) is 0 Å². The van der Waals surface area contributed by atoms with E-state index in [2.05, 4.69) is 72.4 Å². The smallest absolute Gasteiger partial charge is 0.119 e. The normalized spacial score (nSPS) is 10.6. The zero-order valence-corrected chi connectivity index (χ0v) is 12.4. The van der Waals surface area contributed by atoms with Gasteiger partial charge in [0, 0.05) is 18.1 Å². The summed E-state index contributed by atoms with van der Waals surface area (Å²) in [6, 6.07) is 18.9. The van der Waals surface area contributed by atoms with Crippen LogP contribution in [0.1, 0.15) is 16.7 Å². The van der Waals surface area contributed by atoms with Gasteiger partial charge in [-0.2, -0.15) is 0 Å². The minimum atomic E-state index is 0.912. The lowest BCUT2D eigenvalue weighted by Gasteiger charge is -2.13. The number of para-hydroxylation sites is 1. The van der Waals surface area contributed by atoms with Gasteiger partial charge >= 0.3 is 0 Å². The van der Waals surface area contributed by atoms with Gasteiger partial charge in [0.2, 0.25) is 0 Å². The van der Waals surface area contributed by atoms with Gasteiger partial charge < -0.3 is 9.30 Å². The molecule has 1 heterocycles. The van der Waals surface area contributed by atoms with Crippen LogP contribution in [0.2, 0.25) is 0 Å². The van der Waals surface area contributed by atoms with Crippen molar-refractivity contribution in [2.24, 2.45) is 0 Å². The Bertz CT molecular complexity index is 729. The molecular weight excluding hydrogens is 258 g/mol. The first-order valence-electron chi connectivity index (χ1n) is 7.12. The van der Waals surface area contributed by atoms with E-state index in [1.807, 2.05) is 6.07 Å². The second-order valence-corrected chi connectivity index (χ2v) is 5.19. The van der Waals surface area contributed by atoms with Crippen molar-refractivity contribution in [2.75, 3.05) is 7.11 Å². The van der Waals surface area contributed by atoms with E-state index in [0.717, 1.165) is 12.2 Å². The van der Waals surface area contributed by atoms with Crippen LogP contribution in [-0.4, -0.2) is 11.7 Å². The summed E-state index contributed by atoms with van der Waals surface area (Å²) < 4.78 is 7.44. The number of methoxy groups -OCH3 is 1. The van der Waals surface area contributed by atoms with Crippen LogP contribution in [0.3, 0.4) is 0 Å². The fourth-order valence-electron chi connectivity index (χ4n) is 2.61. The van der Waals surface area contributed by atoms with E-state index in [0.29, 0.717) is 0 Å². The molecule has 21 heavy (non-hydrogen) atoms. The number of benzene rings is 2. The fraction of sp³-hybridized carbons (Fsp3) is 0.158. The van der Waals surface area contributed by atoms with Gasteiger partial charge in [0.15, 0.2) is 0 Å². The quantitative estimate of drug-likeness (QED) is 0.690. The van der Waals surface area contributed by atoms with Crippen molar-refractivity contribution in [1.29, 1.82) is 0 Å². The maximum atomic E-state index is 5.28. The zero-order valence-electron chi connectivity index (χ0n) is 12.4. The molecule has 3 aromatic rings. The number of ether oxygens (including phenoxy) is 1. The first-order valence-corrected chi connectivity index (χ1v) is 7.12. The number of rotatable bonds is 4. The molecule has 0 saturated heterocycles. The average Bonchev–Trinajstić information content (AvgIpc) is 3.04. The van der Waals surface area contributed by atoms with E-state index in [9.17, 15) is 0 Å². The van der Waals surface area contributed by atoms with E-state index in [4.69, 9.17) is 4.74 Å². The molecule has 2 heteroatoms. The Balaban J connectivity index is 1.96. The maximum Gasteiger partial charge on any atom is 0.119 e. The van der Waals surface area contributed by atoms with E-state index in [1.54, 1.807) is 7.11 Å². The highest BCUT2D eigenvalue weighted by atomic mass is 16.5. The van der Waals surface area contributed by atoms with Crippen molar-refractivity contribution >= 4 is 0 Å². The van der Waals surface area contributed by atoms with Gasteiger partial charge in [-0.25, -0.2) is 0 Å². The molecule has 0 atom stereocenters. The third kappa shape index (κ3) is 2.84. The Morgan fingerprint density at radius 2 is 1.67 bits per heavy atom. The lowest BCUT2D eigenvalue weighted by Crippen LogP contribution is -1.99.